The number of nitrogens with zero attached hydrogens (tertiary/aromatic N) is 1. The highest BCUT2D eigenvalue weighted by atomic mass is 35.5. The quantitative estimate of drug-likeness (QED) is 0.627. The molecule has 0 spiro atoms. The lowest BCUT2D eigenvalue weighted by Gasteiger charge is -2.13. The molecule has 2 unspecified atom stereocenters. The molecule has 0 aliphatic carbocycles. The van der Waals surface area contributed by atoms with E-state index in [2.05, 4.69) is 4.90 Å². The molecule has 0 N–H and O–H groups in total. The molecule has 1 fully saturated rings. The van der Waals surface area contributed by atoms with E-state index in [4.69, 9.17) is 21.1 Å². The third-order valence-electron chi connectivity index (χ3n) is 2.50. The average molecular weight is 208 g/mol. The molecule has 0 aromatic heterocycles. The predicted octanol–water partition coefficient (Wildman–Crippen LogP) is 0.961. The SMILES string of the molecule is COC1CN(CCCCl)CC1OC. The van der Waals surface area contributed by atoms with Crippen LogP contribution < -0.4 is 0 Å². The molecule has 0 saturated carbocycles. The fraction of sp³-hybridized carbons (Fsp3) is 1.00. The Kier molecular flexibility index (Phi) is 5.02. The molecular formula is C9H18ClNO2. The summed E-state index contributed by atoms with van der Waals surface area (Å²) >= 11 is 5.63. The van der Waals surface area contributed by atoms with E-state index in [1.807, 2.05) is 0 Å². The van der Waals surface area contributed by atoms with Crippen LogP contribution in [0, 0.1) is 0 Å². The van der Waals surface area contributed by atoms with Crippen LogP contribution in [0.4, 0.5) is 0 Å². The van der Waals surface area contributed by atoms with Crippen LogP contribution in [0.5, 0.6) is 0 Å². The number of likely N-dealkylation sites (tertiary alicyclic amines) is 1. The highest BCUT2D eigenvalue weighted by Crippen LogP contribution is 2.15. The van der Waals surface area contributed by atoms with Gasteiger partial charge in [-0.1, -0.05) is 0 Å². The highest BCUT2D eigenvalue weighted by Gasteiger charge is 2.32. The molecule has 4 heteroatoms. The monoisotopic (exact) mass is 207 g/mol. The van der Waals surface area contributed by atoms with Crippen LogP contribution in [0.25, 0.3) is 0 Å². The Balaban J connectivity index is 2.30. The van der Waals surface area contributed by atoms with Gasteiger partial charge in [-0.15, -0.1) is 11.6 Å². The van der Waals surface area contributed by atoms with Crippen LogP contribution >= 0.6 is 11.6 Å². The molecule has 1 rings (SSSR count). The number of hydrogen-bond acceptors (Lipinski definition) is 3. The molecule has 78 valence electrons. The molecule has 0 aromatic rings. The third kappa shape index (κ3) is 3.09. The van der Waals surface area contributed by atoms with Crippen molar-refractivity contribution >= 4 is 11.6 Å². The molecule has 1 saturated heterocycles. The van der Waals surface area contributed by atoms with Crippen LogP contribution in [-0.4, -0.2) is 56.8 Å². The third-order valence-corrected chi connectivity index (χ3v) is 2.77. The van der Waals surface area contributed by atoms with Crippen molar-refractivity contribution in [2.45, 2.75) is 18.6 Å². The fourth-order valence-corrected chi connectivity index (χ4v) is 1.86. The number of halogens is 1. The maximum Gasteiger partial charge on any atom is 0.0971 e. The number of ether oxygens (including phenoxy) is 2. The van der Waals surface area contributed by atoms with E-state index in [-0.39, 0.29) is 12.2 Å². The van der Waals surface area contributed by atoms with Gasteiger partial charge in [0.1, 0.15) is 0 Å². The topological polar surface area (TPSA) is 21.7 Å². The minimum atomic E-state index is 0.223. The van der Waals surface area contributed by atoms with Gasteiger partial charge in [-0.05, 0) is 13.0 Å². The zero-order valence-corrected chi connectivity index (χ0v) is 9.09. The minimum Gasteiger partial charge on any atom is -0.377 e. The van der Waals surface area contributed by atoms with Crippen molar-refractivity contribution < 1.29 is 9.47 Å². The average Bonchev–Trinajstić information content (AvgIpc) is 2.57. The summed E-state index contributed by atoms with van der Waals surface area (Å²) < 4.78 is 10.7. The molecule has 0 bridgehead atoms. The van der Waals surface area contributed by atoms with E-state index in [0.29, 0.717) is 0 Å². The maximum atomic E-state index is 5.63. The number of methoxy groups -OCH3 is 2. The molecule has 0 aromatic carbocycles. The summed E-state index contributed by atoms with van der Waals surface area (Å²) in [5, 5.41) is 0. The molecule has 1 aliphatic rings. The van der Waals surface area contributed by atoms with Gasteiger partial charge in [-0.25, -0.2) is 0 Å². The minimum absolute atomic E-state index is 0.223. The predicted molar refractivity (Wildman–Crippen MR) is 53.4 cm³/mol. The molecule has 2 atom stereocenters. The Hall–Kier alpha value is 0.170. The summed E-state index contributed by atoms with van der Waals surface area (Å²) in [6, 6.07) is 0. The molecule has 3 nitrogen and oxygen atoms in total. The lowest BCUT2D eigenvalue weighted by atomic mass is 10.3. The smallest absolute Gasteiger partial charge is 0.0971 e. The van der Waals surface area contributed by atoms with Gasteiger partial charge in [0.2, 0.25) is 0 Å². The molecule has 1 aliphatic heterocycles. The summed E-state index contributed by atoms with van der Waals surface area (Å²) in [4.78, 5) is 2.34. The summed E-state index contributed by atoms with van der Waals surface area (Å²) in [5.41, 5.74) is 0. The lowest BCUT2D eigenvalue weighted by Crippen LogP contribution is -2.27. The Morgan fingerprint density at radius 3 is 2.15 bits per heavy atom. The molecule has 0 radical (unpaired) electrons. The first-order valence-corrected chi connectivity index (χ1v) is 5.19. The normalized spacial score (nSPS) is 29.8. The first kappa shape index (κ1) is 11.2. The van der Waals surface area contributed by atoms with Gasteiger partial charge in [0.15, 0.2) is 0 Å². The van der Waals surface area contributed by atoms with E-state index in [9.17, 15) is 0 Å². The second-order valence-corrected chi connectivity index (χ2v) is 3.73. The van der Waals surface area contributed by atoms with Gasteiger partial charge in [0.25, 0.3) is 0 Å². The Bertz CT molecular complexity index is 134. The van der Waals surface area contributed by atoms with Gasteiger partial charge in [0, 0.05) is 33.2 Å². The van der Waals surface area contributed by atoms with Gasteiger partial charge in [-0.2, -0.15) is 0 Å². The number of rotatable bonds is 5. The van der Waals surface area contributed by atoms with Crippen molar-refractivity contribution in [3.8, 4) is 0 Å². The Morgan fingerprint density at radius 2 is 1.77 bits per heavy atom. The van der Waals surface area contributed by atoms with Crippen molar-refractivity contribution in [1.29, 1.82) is 0 Å². The largest absolute Gasteiger partial charge is 0.377 e. The van der Waals surface area contributed by atoms with Crippen molar-refractivity contribution in [3.05, 3.63) is 0 Å². The zero-order chi connectivity index (χ0) is 9.68. The Morgan fingerprint density at radius 1 is 1.23 bits per heavy atom. The van der Waals surface area contributed by atoms with E-state index in [0.717, 1.165) is 31.9 Å². The summed E-state index contributed by atoms with van der Waals surface area (Å²) in [6.45, 7) is 2.97. The maximum absolute atomic E-state index is 5.63. The van der Waals surface area contributed by atoms with Crippen molar-refractivity contribution in [2.24, 2.45) is 0 Å². The summed E-state index contributed by atoms with van der Waals surface area (Å²) in [6.07, 6.45) is 1.48. The van der Waals surface area contributed by atoms with Crippen LogP contribution in [0.3, 0.4) is 0 Å². The molecule has 0 amide bonds. The van der Waals surface area contributed by atoms with Gasteiger partial charge < -0.3 is 9.47 Å². The lowest BCUT2D eigenvalue weighted by molar-refractivity contribution is -0.00461. The number of hydrogen-bond donors (Lipinski definition) is 0. The molecule has 1 heterocycles. The van der Waals surface area contributed by atoms with Gasteiger partial charge >= 0.3 is 0 Å². The van der Waals surface area contributed by atoms with Gasteiger partial charge in [0.05, 0.1) is 12.2 Å². The van der Waals surface area contributed by atoms with E-state index < -0.39 is 0 Å². The standard InChI is InChI=1S/C9H18ClNO2/c1-12-8-6-11(5-3-4-10)7-9(8)13-2/h8-9H,3-7H2,1-2H3. The van der Waals surface area contributed by atoms with Crippen LogP contribution in [0.15, 0.2) is 0 Å². The first-order valence-electron chi connectivity index (χ1n) is 4.65. The second kappa shape index (κ2) is 5.81. The van der Waals surface area contributed by atoms with Crippen LogP contribution in [0.2, 0.25) is 0 Å². The van der Waals surface area contributed by atoms with E-state index >= 15 is 0 Å². The fourth-order valence-electron chi connectivity index (χ4n) is 1.74. The Labute approximate surface area is 84.9 Å². The summed E-state index contributed by atoms with van der Waals surface area (Å²) in [5.74, 6) is 0.728. The van der Waals surface area contributed by atoms with Crippen LogP contribution in [-0.2, 0) is 9.47 Å². The number of alkyl halides is 1. The van der Waals surface area contributed by atoms with E-state index in [1.165, 1.54) is 0 Å². The van der Waals surface area contributed by atoms with Crippen LogP contribution in [0.1, 0.15) is 6.42 Å². The van der Waals surface area contributed by atoms with Gasteiger partial charge in [-0.3, -0.25) is 4.90 Å². The second-order valence-electron chi connectivity index (χ2n) is 3.35. The first-order chi connectivity index (χ1) is 6.31. The zero-order valence-electron chi connectivity index (χ0n) is 8.33. The highest BCUT2D eigenvalue weighted by molar-refractivity contribution is 6.17. The van der Waals surface area contributed by atoms with Crippen molar-refractivity contribution in [2.75, 3.05) is 39.7 Å². The van der Waals surface area contributed by atoms with E-state index in [1.54, 1.807) is 14.2 Å². The molecular weight excluding hydrogens is 190 g/mol. The van der Waals surface area contributed by atoms with Crippen molar-refractivity contribution in [3.63, 3.8) is 0 Å². The molecule has 13 heavy (non-hydrogen) atoms. The van der Waals surface area contributed by atoms with Crippen molar-refractivity contribution in [1.82, 2.24) is 4.90 Å². The summed E-state index contributed by atoms with van der Waals surface area (Å²) in [7, 11) is 3.48.